The number of nitrogen functional groups attached to an aromatic ring is 1. The molecule has 0 aliphatic carbocycles. The van der Waals surface area contributed by atoms with Gasteiger partial charge in [0.05, 0.1) is 16.7 Å². The van der Waals surface area contributed by atoms with Crippen LogP contribution in [0.1, 0.15) is 24.7 Å². The molecule has 2 aromatic carbocycles. The third kappa shape index (κ3) is 2.61. The van der Waals surface area contributed by atoms with Gasteiger partial charge in [0.25, 0.3) is 0 Å². The van der Waals surface area contributed by atoms with Crippen molar-refractivity contribution in [3.8, 4) is 0 Å². The fourth-order valence-electron chi connectivity index (χ4n) is 2.57. The maximum Gasteiger partial charge on any atom is 0.146 e. The van der Waals surface area contributed by atoms with Gasteiger partial charge in [0.2, 0.25) is 0 Å². The second-order valence-electron chi connectivity index (χ2n) is 5.21. The monoisotopic (exact) mass is 283 g/mol. The summed E-state index contributed by atoms with van der Waals surface area (Å²) in [4.78, 5) is 4.68. The minimum Gasteiger partial charge on any atom is -0.396 e. The predicted molar refractivity (Wildman–Crippen MR) is 83.6 cm³/mol. The van der Waals surface area contributed by atoms with Crippen LogP contribution in [0.2, 0.25) is 0 Å². The van der Waals surface area contributed by atoms with Crippen molar-refractivity contribution in [1.29, 1.82) is 0 Å². The first-order valence-corrected chi connectivity index (χ1v) is 7.17. The number of aromatic nitrogens is 2. The van der Waals surface area contributed by atoms with Crippen LogP contribution in [-0.2, 0) is 13.0 Å². The number of halogens is 1. The zero-order valence-electron chi connectivity index (χ0n) is 12.0. The zero-order valence-corrected chi connectivity index (χ0v) is 12.0. The molecule has 4 heteroatoms. The Labute approximate surface area is 123 Å². The number of benzene rings is 2. The Bertz CT molecular complexity index is 777. The summed E-state index contributed by atoms with van der Waals surface area (Å²) in [5, 5.41) is 0. The van der Waals surface area contributed by atoms with Gasteiger partial charge in [-0.05, 0) is 36.2 Å². The molecule has 0 bridgehead atoms. The summed E-state index contributed by atoms with van der Waals surface area (Å²) >= 11 is 0. The molecule has 0 amide bonds. The van der Waals surface area contributed by atoms with Crippen molar-refractivity contribution in [3.05, 3.63) is 59.7 Å². The molecule has 0 aliphatic rings. The Morgan fingerprint density at radius 3 is 2.76 bits per heavy atom. The highest BCUT2D eigenvalue weighted by molar-refractivity contribution is 5.76. The summed E-state index contributed by atoms with van der Waals surface area (Å²) in [7, 11) is 0. The van der Waals surface area contributed by atoms with E-state index in [0.29, 0.717) is 6.54 Å². The molecule has 21 heavy (non-hydrogen) atoms. The number of nitrogens with two attached hydrogens (primary N) is 1. The minimum absolute atomic E-state index is 0.183. The summed E-state index contributed by atoms with van der Waals surface area (Å²) in [5.74, 6) is 0.671. The van der Waals surface area contributed by atoms with Crippen molar-refractivity contribution in [3.63, 3.8) is 0 Å². The molecule has 2 N–H and O–H groups in total. The van der Waals surface area contributed by atoms with Crippen LogP contribution < -0.4 is 5.73 Å². The van der Waals surface area contributed by atoms with E-state index >= 15 is 0 Å². The molecule has 3 aromatic rings. The number of fused-ring (bicyclic) bond motifs is 1. The summed E-state index contributed by atoms with van der Waals surface area (Å²) in [5.41, 5.74) is 8.68. The SMILES string of the molecule is CCCc1nc2ccccc2n1Cc1ccc(N)c(F)c1. The highest BCUT2D eigenvalue weighted by atomic mass is 19.1. The van der Waals surface area contributed by atoms with Crippen LogP contribution in [0.4, 0.5) is 10.1 Å². The van der Waals surface area contributed by atoms with E-state index in [4.69, 9.17) is 5.73 Å². The number of aryl methyl sites for hydroxylation is 1. The third-order valence-electron chi connectivity index (χ3n) is 3.61. The molecule has 1 aromatic heterocycles. The Hall–Kier alpha value is -2.36. The quantitative estimate of drug-likeness (QED) is 0.741. The van der Waals surface area contributed by atoms with Crippen molar-refractivity contribution in [1.82, 2.24) is 9.55 Å². The van der Waals surface area contributed by atoms with Crippen LogP contribution in [0.15, 0.2) is 42.5 Å². The molecule has 0 radical (unpaired) electrons. The Morgan fingerprint density at radius 2 is 2.00 bits per heavy atom. The lowest BCUT2D eigenvalue weighted by atomic mass is 10.2. The molecule has 0 unspecified atom stereocenters. The van der Waals surface area contributed by atoms with E-state index in [2.05, 4.69) is 22.5 Å². The van der Waals surface area contributed by atoms with Crippen LogP contribution in [0.25, 0.3) is 11.0 Å². The molecule has 1 heterocycles. The van der Waals surface area contributed by atoms with Gasteiger partial charge in [-0.1, -0.05) is 25.1 Å². The highest BCUT2D eigenvalue weighted by Gasteiger charge is 2.10. The average Bonchev–Trinajstić information content (AvgIpc) is 2.81. The topological polar surface area (TPSA) is 43.8 Å². The molecule has 3 rings (SSSR count). The van der Waals surface area contributed by atoms with E-state index in [1.807, 2.05) is 24.3 Å². The van der Waals surface area contributed by atoms with Gasteiger partial charge in [0.1, 0.15) is 11.6 Å². The standard InChI is InChI=1S/C17H18FN3/c1-2-5-17-20-15-6-3-4-7-16(15)21(17)11-12-8-9-14(19)13(18)10-12/h3-4,6-10H,2,5,11,19H2,1H3. The van der Waals surface area contributed by atoms with Crippen LogP contribution in [-0.4, -0.2) is 9.55 Å². The molecule has 0 fully saturated rings. The zero-order chi connectivity index (χ0) is 14.8. The molecule has 0 spiro atoms. The van der Waals surface area contributed by atoms with Gasteiger partial charge in [-0.15, -0.1) is 0 Å². The number of hydrogen-bond donors (Lipinski definition) is 1. The fourth-order valence-corrected chi connectivity index (χ4v) is 2.57. The maximum absolute atomic E-state index is 13.6. The molecule has 0 saturated heterocycles. The van der Waals surface area contributed by atoms with Crippen LogP contribution >= 0.6 is 0 Å². The first-order valence-electron chi connectivity index (χ1n) is 7.17. The van der Waals surface area contributed by atoms with E-state index in [1.54, 1.807) is 6.07 Å². The Balaban J connectivity index is 2.05. The average molecular weight is 283 g/mol. The van der Waals surface area contributed by atoms with Gasteiger partial charge in [0.15, 0.2) is 0 Å². The second kappa shape index (κ2) is 5.56. The van der Waals surface area contributed by atoms with Crippen LogP contribution in [0.5, 0.6) is 0 Å². The molecule has 3 nitrogen and oxygen atoms in total. The molecular weight excluding hydrogens is 265 g/mol. The largest absolute Gasteiger partial charge is 0.396 e. The summed E-state index contributed by atoms with van der Waals surface area (Å²) in [6.07, 6.45) is 1.94. The number of nitrogens with zero attached hydrogens (tertiary/aromatic N) is 2. The lowest BCUT2D eigenvalue weighted by Gasteiger charge is -2.09. The normalized spacial score (nSPS) is 11.1. The second-order valence-corrected chi connectivity index (χ2v) is 5.21. The molecular formula is C17H18FN3. The van der Waals surface area contributed by atoms with E-state index in [9.17, 15) is 4.39 Å². The van der Waals surface area contributed by atoms with Gasteiger partial charge in [-0.25, -0.2) is 9.37 Å². The van der Waals surface area contributed by atoms with Crippen LogP contribution in [0, 0.1) is 5.82 Å². The van der Waals surface area contributed by atoms with Crippen molar-refractivity contribution in [2.24, 2.45) is 0 Å². The van der Waals surface area contributed by atoms with E-state index in [1.165, 1.54) is 6.07 Å². The summed E-state index contributed by atoms with van der Waals surface area (Å²) in [6, 6.07) is 13.0. The smallest absolute Gasteiger partial charge is 0.146 e. The number of hydrogen-bond acceptors (Lipinski definition) is 2. The number of anilines is 1. The molecule has 0 aliphatic heterocycles. The predicted octanol–water partition coefficient (Wildman–Crippen LogP) is 3.76. The first-order chi connectivity index (χ1) is 10.2. The van der Waals surface area contributed by atoms with Gasteiger partial charge in [-0.3, -0.25) is 0 Å². The highest BCUT2D eigenvalue weighted by Crippen LogP contribution is 2.20. The maximum atomic E-state index is 13.6. The van der Waals surface area contributed by atoms with Gasteiger partial charge >= 0.3 is 0 Å². The van der Waals surface area contributed by atoms with E-state index in [-0.39, 0.29) is 11.5 Å². The van der Waals surface area contributed by atoms with Crippen molar-refractivity contribution < 1.29 is 4.39 Å². The minimum atomic E-state index is -0.367. The number of rotatable bonds is 4. The fraction of sp³-hybridized carbons (Fsp3) is 0.235. The summed E-state index contributed by atoms with van der Waals surface area (Å²) in [6.45, 7) is 2.74. The third-order valence-corrected chi connectivity index (χ3v) is 3.61. The first kappa shape index (κ1) is 13.6. The Kier molecular flexibility index (Phi) is 3.60. The summed E-state index contributed by atoms with van der Waals surface area (Å²) < 4.78 is 15.8. The van der Waals surface area contributed by atoms with Gasteiger partial charge < -0.3 is 10.3 Å². The number of imidazole rings is 1. The molecule has 0 atom stereocenters. The number of para-hydroxylation sites is 2. The van der Waals surface area contributed by atoms with Crippen molar-refractivity contribution in [2.75, 3.05) is 5.73 Å². The lowest BCUT2D eigenvalue weighted by molar-refractivity contribution is 0.627. The van der Waals surface area contributed by atoms with Gasteiger partial charge in [0, 0.05) is 13.0 Å². The van der Waals surface area contributed by atoms with E-state index < -0.39 is 0 Å². The van der Waals surface area contributed by atoms with Crippen LogP contribution in [0.3, 0.4) is 0 Å². The van der Waals surface area contributed by atoms with Crippen molar-refractivity contribution >= 4 is 16.7 Å². The Morgan fingerprint density at radius 1 is 1.19 bits per heavy atom. The van der Waals surface area contributed by atoms with Crippen molar-refractivity contribution in [2.45, 2.75) is 26.3 Å². The van der Waals surface area contributed by atoms with Gasteiger partial charge in [-0.2, -0.15) is 0 Å². The molecule has 0 saturated carbocycles. The van der Waals surface area contributed by atoms with E-state index in [0.717, 1.165) is 35.3 Å². The molecule has 108 valence electrons. The lowest BCUT2D eigenvalue weighted by Crippen LogP contribution is -2.06.